The molecule has 0 aliphatic heterocycles. The Kier molecular flexibility index (Phi) is 6.40. The molecule has 0 amide bonds. The van der Waals surface area contributed by atoms with E-state index in [2.05, 4.69) is 160 Å². The molecule has 4 nitrogen and oxygen atoms in total. The van der Waals surface area contributed by atoms with Crippen LogP contribution in [0.1, 0.15) is 0 Å². The van der Waals surface area contributed by atoms with Gasteiger partial charge in [0.1, 0.15) is 17.0 Å². The molecular weight excluding hydrogens is 654 g/mol. The maximum atomic E-state index is 14.0. The fourth-order valence-electron chi connectivity index (χ4n) is 8.22. The first-order chi connectivity index (χ1) is 26.2. The molecule has 0 radical (unpaired) electrons. The molecule has 0 atom stereocenters. The van der Waals surface area contributed by atoms with Gasteiger partial charge in [-0.05, 0) is 97.1 Å². The molecule has 0 fully saturated rings. The highest BCUT2D eigenvalue weighted by Gasteiger charge is 2.21. The second-order valence-electron chi connectivity index (χ2n) is 13.5. The first-order valence-corrected chi connectivity index (χ1v) is 17.8. The molecule has 11 rings (SSSR count). The van der Waals surface area contributed by atoms with Crippen molar-refractivity contribution in [3.8, 4) is 11.4 Å². The standard InChI is InChI=1S/C48H30FN3O/c49-31-18-20-33(21-19-31)51-44-16-8-5-13-38(44)42-28-34(24-27-45(42)51)50(36-23-26-41-40-14-6-9-17-47(40)53-48(41)30-36)35-22-25-39-37-12-4-7-15-43(37)52(46(39)29-35)32-10-2-1-3-11-32/h1-30H. The van der Waals surface area contributed by atoms with E-state index in [4.69, 9.17) is 4.42 Å². The van der Waals surface area contributed by atoms with Gasteiger partial charge in [0.25, 0.3) is 0 Å². The zero-order valence-electron chi connectivity index (χ0n) is 28.4. The fourth-order valence-corrected chi connectivity index (χ4v) is 8.22. The maximum absolute atomic E-state index is 14.0. The number of hydrogen-bond acceptors (Lipinski definition) is 2. The van der Waals surface area contributed by atoms with Gasteiger partial charge in [-0.2, -0.15) is 0 Å². The molecule has 0 saturated carbocycles. The van der Waals surface area contributed by atoms with Gasteiger partial charge >= 0.3 is 0 Å². The number of anilines is 3. The summed E-state index contributed by atoms with van der Waals surface area (Å²) >= 11 is 0. The molecule has 250 valence electrons. The average molecular weight is 684 g/mol. The number of aromatic nitrogens is 2. The van der Waals surface area contributed by atoms with Crippen LogP contribution in [0.25, 0.3) is 76.9 Å². The smallest absolute Gasteiger partial charge is 0.137 e. The number of benzene rings is 8. The summed E-state index contributed by atoms with van der Waals surface area (Å²) in [6.07, 6.45) is 0. The number of rotatable bonds is 5. The summed E-state index contributed by atoms with van der Waals surface area (Å²) in [5.41, 5.74) is 11.2. The Morgan fingerprint density at radius 3 is 1.64 bits per heavy atom. The van der Waals surface area contributed by atoms with Crippen LogP contribution in [0.2, 0.25) is 0 Å². The minimum atomic E-state index is -0.253. The maximum Gasteiger partial charge on any atom is 0.137 e. The SMILES string of the molecule is Fc1ccc(-n2c3ccccc3c3cc(N(c4ccc5c(c4)oc4ccccc45)c4ccc5c6ccccc6n(-c6ccccc6)c5c4)ccc32)cc1. The molecule has 0 N–H and O–H groups in total. The van der Waals surface area contributed by atoms with Crippen molar-refractivity contribution in [3.63, 3.8) is 0 Å². The van der Waals surface area contributed by atoms with Crippen molar-refractivity contribution in [1.82, 2.24) is 9.13 Å². The monoisotopic (exact) mass is 683 g/mol. The van der Waals surface area contributed by atoms with Crippen molar-refractivity contribution >= 4 is 82.6 Å². The minimum Gasteiger partial charge on any atom is -0.456 e. The molecule has 0 unspecified atom stereocenters. The summed E-state index contributed by atoms with van der Waals surface area (Å²) in [6, 6.07) is 62.4. The number of furan rings is 1. The molecule has 5 heteroatoms. The second-order valence-corrected chi connectivity index (χ2v) is 13.5. The summed E-state index contributed by atoms with van der Waals surface area (Å²) in [7, 11) is 0. The average Bonchev–Trinajstić information content (AvgIpc) is 3.86. The van der Waals surface area contributed by atoms with E-state index in [9.17, 15) is 4.39 Å². The zero-order valence-corrected chi connectivity index (χ0v) is 28.4. The molecule has 0 aliphatic rings. The molecular formula is C48H30FN3O. The van der Waals surface area contributed by atoms with Crippen LogP contribution in [-0.4, -0.2) is 9.13 Å². The van der Waals surface area contributed by atoms with Gasteiger partial charge in [-0.25, -0.2) is 4.39 Å². The topological polar surface area (TPSA) is 26.2 Å². The fraction of sp³-hybridized carbons (Fsp3) is 0. The number of nitrogens with zero attached hydrogens (tertiary/aromatic N) is 3. The van der Waals surface area contributed by atoms with Crippen molar-refractivity contribution in [3.05, 3.63) is 188 Å². The molecule has 0 spiro atoms. The highest BCUT2D eigenvalue weighted by molar-refractivity contribution is 6.13. The Morgan fingerprint density at radius 1 is 0.358 bits per heavy atom. The third-order valence-electron chi connectivity index (χ3n) is 10.5. The lowest BCUT2D eigenvalue weighted by Gasteiger charge is -2.26. The lowest BCUT2D eigenvalue weighted by molar-refractivity contribution is 0.627. The third-order valence-corrected chi connectivity index (χ3v) is 10.5. The van der Waals surface area contributed by atoms with Crippen molar-refractivity contribution in [2.24, 2.45) is 0 Å². The number of halogens is 1. The Labute approximate surface area is 303 Å². The molecule has 0 saturated heterocycles. The van der Waals surface area contributed by atoms with E-state index in [-0.39, 0.29) is 5.82 Å². The lowest BCUT2D eigenvalue weighted by Crippen LogP contribution is -2.10. The van der Waals surface area contributed by atoms with Crippen LogP contribution in [0.4, 0.5) is 21.5 Å². The van der Waals surface area contributed by atoms with Gasteiger partial charge in [-0.3, -0.25) is 0 Å². The number of hydrogen-bond donors (Lipinski definition) is 0. The van der Waals surface area contributed by atoms with Gasteiger partial charge in [-0.1, -0.05) is 78.9 Å². The van der Waals surface area contributed by atoms with E-state index >= 15 is 0 Å². The molecule has 3 aromatic heterocycles. The van der Waals surface area contributed by atoms with Crippen LogP contribution in [0.5, 0.6) is 0 Å². The molecule has 53 heavy (non-hydrogen) atoms. The van der Waals surface area contributed by atoms with Crippen molar-refractivity contribution in [2.75, 3.05) is 4.90 Å². The van der Waals surface area contributed by atoms with Crippen molar-refractivity contribution in [1.29, 1.82) is 0 Å². The normalized spacial score (nSPS) is 11.9. The third kappa shape index (κ3) is 4.54. The van der Waals surface area contributed by atoms with Gasteiger partial charge in [0.15, 0.2) is 0 Å². The largest absolute Gasteiger partial charge is 0.456 e. The van der Waals surface area contributed by atoms with Crippen LogP contribution in [0.15, 0.2) is 186 Å². The highest BCUT2D eigenvalue weighted by atomic mass is 19.1. The summed E-state index contributed by atoms with van der Waals surface area (Å²) in [5.74, 6) is -0.253. The minimum absolute atomic E-state index is 0.253. The van der Waals surface area contributed by atoms with E-state index in [1.165, 1.54) is 22.9 Å². The van der Waals surface area contributed by atoms with Gasteiger partial charge in [-0.15, -0.1) is 0 Å². The zero-order chi connectivity index (χ0) is 35.0. The molecule has 8 aromatic carbocycles. The highest BCUT2D eigenvalue weighted by Crippen LogP contribution is 2.43. The predicted octanol–water partition coefficient (Wildman–Crippen LogP) is 13.4. The quantitative estimate of drug-likeness (QED) is 0.180. The summed E-state index contributed by atoms with van der Waals surface area (Å²) in [4.78, 5) is 2.32. The molecule has 0 bridgehead atoms. The first kappa shape index (κ1) is 29.6. The first-order valence-electron chi connectivity index (χ1n) is 17.8. The Bertz CT molecular complexity index is 3190. The predicted molar refractivity (Wildman–Crippen MR) is 217 cm³/mol. The summed E-state index contributed by atoms with van der Waals surface area (Å²) < 4.78 is 25.0. The van der Waals surface area contributed by atoms with Gasteiger partial charge in [0.2, 0.25) is 0 Å². The Balaban J connectivity index is 1.18. The van der Waals surface area contributed by atoms with Gasteiger partial charge in [0.05, 0.1) is 22.1 Å². The van der Waals surface area contributed by atoms with Crippen LogP contribution < -0.4 is 4.90 Å². The molecule has 11 aromatic rings. The number of fused-ring (bicyclic) bond motifs is 9. The molecule has 0 aliphatic carbocycles. The molecule has 3 heterocycles. The number of para-hydroxylation sites is 4. The van der Waals surface area contributed by atoms with Crippen LogP contribution in [0, 0.1) is 5.82 Å². The summed E-state index contributed by atoms with van der Waals surface area (Å²) in [6.45, 7) is 0. The second kappa shape index (κ2) is 11.5. The Hall–Kier alpha value is -7.11. The van der Waals surface area contributed by atoms with Gasteiger partial charge < -0.3 is 18.5 Å². The van der Waals surface area contributed by atoms with Crippen molar-refractivity contribution < 1.29 is 8.81 Å². The van der Waals surface area contributed by atoms with E-state index in [1.807, 2.05) is 24.3 Å². The Morgan fingerprint density at radius 2 is 0.868 bits per heavy atom. The lowest BCUT2D eigenvalue weighted by atomic mass is 10.1. The van der Waals surface area contributed by atoms with Crippen LogP contribution in [-0.2, 0) is 0 Å². The van der Waals surface area contributed by atoms with E-state index in [0.29, 0.717) is 0 Å². The van der Waals surface area contributed by atoms with E-state index in [1.54, 1.807) is 0 Å². The van der Waals surface area contributed by atoms with Crippen LogP contribution in [0.3, 0.4) is 0 Å². The van der Waals surface area contributed by atoms with E-state index in [0.717, 1.165) is 83.2 Å². The van der Waals surface area contributed by atoms with Crippen molar-refractivity contribution in [2.45, 2.75) is 0 Å². The summed E-state index contributed by atoms with van der Waals surface area (Å²) in [5, 5.41) is 6.82. The van der Waals surface area contributed by atoms with Gasteiger partial charge in [0, 0.05) is 66.8 Å². The van der Waals surface area contributed by atoms with Crippen LogP contribution >= 0.6 is 0 Å². The van der Waals surface area contributed by atoms with E-state index < -0.39 is 0 Å².